The number of hydrogen-bond acceptors (Lipinski definition) is 4. The van der Waals surface area contributed by atoms with Crippen LogP contribution in [0.3, 0.4) is 0 Å². The Morgan fingerprint density at radius 2 is 0.871 bits per heavy atom. The van der Waals surface area contributed by atoms with E-state index in [0.29, 0.717) is 0 Å². The van der Waals surface area contributed by atoms with Gasteiger partial charge in [0.15, 0.2) is 0 Å². The molecule has 31 heavy (non-hydrogen) atoms. The monoisotopic (exact) mass is 408 g/mol. The first-order valence-electron chi connectivity index (χ1n) is 10.0. The fourth-order valence-electron chi connectivity index (χ4n) is 4.19. The zero-order chi connectivity index (χ0) is 21.7. The summed E-state index contributed by atoms with van der Waals surface area (Å²) < 4.78 is 2.16. The van der Waals surface area contributed by atoms with Gasteiger partial charge in [-0.2, -0.15) is 0 Å². The van der Waals surface area contributed by atoms with Crippen molar-refractivity contribution in [1.29, 1.82) is 0 Å². The smallest absolute Gasteiger partial charge is 0.0490 e. The van der Waals surface area contributed by atoms with Crippen LogP contribution in [-0.2, 0) is 7.05 Å². The van der Waals surface area contributed by atoms with E-state index in [0.717, 1.165) is 55.3 Å². The molecule has 2 heterocycles. The Morgan fingerprint density at radius 3 is 1.29 bits per heavy atom. The van der Waals surface area contributed by atoms with Crippen molar-refractivity contribution >= 4 is 66.4 Å². The minimum absolute atomic E-state index is 0.769. The minimum atomic E-state index is 0.769. The molecule has 6 nitrogen and oxygen atoms in total. The Kier molecular flexibility index (Phi) is 4.15. The van der Waals surface area contributed by atoms with Crippen molar-refractivity contribution < 1.29 is 0 Å². The Hall–Kier alpha value is -4.32. The number of aromatic nitrogens is 2. The summed E-state index contributed by atoms with van der Waals surface area (Å²) in [6.07, 6.45) is 0. The largest absolute Gasteiger partial charge is 0.399 e. The van der Waals surface area contributed by atoms with E-state index in [1.165, 1.54) is 11.0 Å². The molecule has 0 atom stereocenters. The molecule has 6 heteroatoms. The van der Waals surface area contributed by atoms with Crippen LogP contribution in [0.25, 0.3) is 43.6 Å². The molecule has 0 aliphatic rings. The van der Waals surface area contributed by atoms with Crippen LogP contribution in [0.4, 0.5) is 22.7 Å². The van der Waals surface area contributed by atoms with Gasteiger partial charge in [-0.1, -0.05) is 0 Å². The molecule has 0 saturated carbocycles. The molecule has 6 aromatic rings. The van der Waals surface area contributed by atoms with Crippen molar-refractivity contribution in [2.24, 2.45) is 7.05 Å². The summed E-state index contributed by atoms with van der Waals surface area (Å²) in [6, 6.07) is 23.6. The van der Waals surface area contributed by atoms with Crippen molar-refractivity contribution in [3.63, 3.8) is 0 Å². The van der Waals surface area contributed by atoms with Crippen molar-refractivity contribution in [2.45, 2.75) is 0 Å². The lowest BCUT2D eigenvalue weighted by molar-refractivity contribution is 1.01. The van der Waals surface area contributed by atoms with Crippen LogP contribution >= 0.6 is 0 Å². The van der Waals surface area contributed by atoms with Gasteiger partial charge in [0.05, 0.1) is 0 Å². The summed E-state index contributed by atoms with van der Waals surface area (Å²) in [5.74, 6) is 0. The van der Waals surface area contributed by atoms with E-state index in [-0.39, 0.29) is 0 Å². The fourth-order valence-corrected chi connectivity index (χ4v) is 4.19. The van der Waals surface area contributed by atoms with Gasteiger partial charge < -0.3 is 32.5 Å². The number of nitrogen functional groups attached to an aromatic ring is 4. The number of H-pyrrole nitrogens is 1. The van der Waals surface area contributed by atoms with Crippen LogP contribution in [0.5, 0.6) is 0 Å². The third-order valence-electron chi connectivity index (χ3n) is 5.70. The predicted molar refractivity (Wildman–Crippen MR) is 134 cm³/mol. The molecule has 0 saturated heterocycles. The van der Waals surface area contributed by atoms with Crippen molar-refractivity contribution in [2.75, 3.05) is 22.9 Å². The van der Waals surface area contributed by atoms with E-state index in [9.17, 15) is 0 Å². The van der Waals surface area contributed by atoms with E-state index in [2.05, 4.69) is 16.6 Å². The van der Waals surface area contributed by atoms with Gasteiger partial charge in [-0.25, -0.2) is 0 Å². The first-order chi connectivity index (χ1) is 14.9. The first-order valence-corrected chi connectivity index (χ1v) is 10.0. The van der Waals surface area contributed by atoms with Crippen LogP contribution < -0.4 is 22.9 Å². The van der Waals surface area contributed by atoms with Gasteiger partial charge >= 0.3 is 0 Å². The lowest BCUT2D eigenvalue weighted by atomic mass is 10.1. The second-order valence-electron chi connectivity index (χ2n) is 7.85. The number of nitrogens with two attached hydrogens (primary N) is 4. The van der Waals surface area contributed by atoms with Gasteiger partial charge in [-0.3, -0.25) is 0 Å². The normalized spacial score (nSPS) is 11.3. The number of hydrogen-bond donors (Lipinski definition) is 5. The van der Waals surface area contributed by atoms with Gasteiger partial charge in [0, 0.05) is 73.4 Å². The van der Waals surface area contributed by atoms with Gasteiger partial charge in [0.1, 0.15) is 0 Å². The first kappa shape index (κ1) is 18.7. The maximum atomic E-state index is 5.82. The lowest BCUT2D eigenvalue weighted by Crippen LogP contribution is -1.88. The van der Waals surface area contributed by atoms with Gasteiger partial charge in [-0.05, 0) is 72.8 Å². The van der Waals surface area contributed by atoms with Crippen LogP contribution in [0.2, 0.25) is 0 Å². The van der Waals surface area contributed by atoms with Crippen LogP contribution in [0.15, 0.2) is 72.8 Å². The molecule has 154 valence electrons. The van der Waals surface area contributed by atoms with E-state index < -0.39 is 0 Å². The minimum Gasteiger partial charge on any atom is -0.399 e. The maximum absolute atomic E-state index is 5.82. The van der Waals surface area contributed by atoms with E-state index >= 15 is 0 Å². The number of anilines is 4. The molecule has 2 aromatic heterocycles. The number of aryl methyl sites for hydroxylation is 1. The SMILES string of the molecule is Cn1c2ccc(N)cc2c2cc(N)ccc21.Nc1ccc2[nH]c3ccc(N)cc3c2c1. The summed E-state index contributed by atoms with van der Waals surface area (Å²) in [5.41, 5.74) is 30.8. The molecular weight excluding hydrogens is 384 g/mol. The molecule has 0 amide bonds. The van der Waals surface area contributed by atoms with Crippen molar-refractivity contribution in [3.8, 4) is 0 Å². The zero-order valence-corrected chi connectivity index (χ0v) is 17.2. The highest BCUT2D eigenvalue weighted by Gasteiger charge is 2.08. The number of rotatable bonds is 0. The molecule has 0 fully saturated rings. The summed E-state index contributed by atoms with van der Waals surface area (Å²) in [5, 5.41) is 4.56. The van der Waals surface area contributed by atoms with Crippen molar-refractivity contribution in [1.82, 2.24) is 9.55 Å². The molecular formula is C25H24N6. The fraction of sp³-hybridized carbons (Fsp3) is 0.0400. The summed E-state index contributed by atoms with van der Waals surface area (Å²) in [6.45, 7) is 0. The molecule has 0 aliphatic heterocycles. The standard InChI is InChI=1S/C13H13N3.C12H11N3/c1-16-12-4-2-8(14)6-10(12)11-7-9(15)3-5-13(11)16;13-7-1-3-11-9(5-7)10-6-8(14)2-4-12(10)15-11/h2-7H,14-15H2,1H3;1-6,15H,13-14H2. The molecule has 4 aromatic carbocycles. The third kappa shape index (κ3) is 3.14. The van der Waals surface area contributed by atoms with E-state index in [1.54, 1.807) is 0 Å². The zero-order valence-electron chi connectivity index (χ0n) is 17.2. The van der Waals surface area contributed by atoms with Gasteiger partial charge in [0.25, 0.3) is 0 Å². The van der Waals surface area contributed by atoms with E-state index in [4.69, 9.17) is 22.9 Å². The number of benzene rings is 4. The topological polar surface area (TPSA) is 125 Å². The average Bonchev–Trinajstić information content (AvgIpc) is 3.23. The molecule has 0 radical (unpaired) electrons. The third-order valence-corrected chi connectivity index (χ3v) is 5.70. The molecule has 0 unspecified atom stereocenters. The number of nitrogens with zero attached hydrogens (tertiary/aromatic N) is 1. The predicted octanol–water partition coefficient (Wildman–Crippen LogP) is 4.98. The maximum Gasteiger partial charge on any atom is 0.0490 e. The number of fused-ring (bicyclic) bond motifs is 6. The van der Waals surface area contributed by atoms with Crippen molar-refractivity contribution in [3.05, 3.63) is 72.8 Å². The number of aromatic amines is 1. The quantitative estimate of drug-likeness (QED) is 0.227. The Labute approximate surface area is 179 Å². The molecule has 0 aliphatic carbocycles. The lowest BCUT2D eigenvalue weighted by Gasteiger charge is -1.97. The van der Waals surface area contributed by atoms with Crippen LogP contribution in [-0.4, -0.2) is 9.55 Å². The average molecular weight is 409 g/mol. The Bertz CT molecular complexity index is 1470. The molecule has 0 bridgehead atoms. The second-order valence-corrected chi connectivity index (χ2v) is 7.85. The summed E-state index contributed by atoms with van der Waals surface area (Å²) >= 11 is 0. The summed E-state index contributed by atoms with van der Waals surface area (Å²) in [4.78, 5) is 3.32. The Morgan fingerprint density at radius 1 is 0.516 bits per heavy atom. The highest BCUT2D eigenvalue weighted by molar-refractivity contribution is 6.10. The number of nitrogens with one attached hydrogen (secondary N) is 1. The molecule has 0 spiro atoms. The molecule has 9 N–H and O–H groups in total. The van der Waals surface area contributed by atoms with Gasteiger partial charge in [0.2, 0.25) is 0 Å². The molecule has 6 rings (SSSR count). The Balaban J connectivity index is 0.000000132. The van der Waals surface area contributed by atoms with Gasteiger partial charge in [-0.15, -0.1) is 0 Å². The summed E-state index contributed by atoms with van der Waals surface area (Å²) in [7, 11) is 2.05. The van der Waals surface area contributed by atoms with Crippen LogP contribution in [0, 0.1) is 0 Å². The highest BCUT2D eigenvalue weighted by Crippen LogP contribution is 2.31. The highest BCUT2D eigenvalue weighted by atomic mass is 14.9. The van der Waals surface area contributed by atoms with E-state index in [1.807, 2.05) is 72.8 Å². The van der Waals surface area contributed by atoms with Crippen LogP contribution in [0.1, 0.15) is 0 Å². The second kappa shape index (κ2) is 6.88.